The summed E-state index contributed by atoms with van der Waals surface area (Å²) >= 11 is 0. The Morgan fingerprint density at radius 3 is 2.53 bits per heavy atom. The first kappa shape index (κ1) is 11.4. The molecule has 0 amide bonds. The maximum Gasteiger partial charge on any atom is 0.00983 e. The van der Waals surface area contributed by atoms with Crippen molar-refractivity contribution in [3.8, 4) is 0 Å². The summed E-state index contributed by atoms with van der Waals surface area (Å²) < 4.78 is 0. The highest BCUT2D eigenvalue weighted by atomic mass is 14.9. The van der Waals surface area contributed by atoms with E-state index in [1.807, 2.05) is 0 Å². The van der Waals surface area contributed by atoms with Gasteiger partial charge in [-0.15, -0.1) is 0 Å². The van der Waals surface area contributed by atoms with Crippen LogP contribution in [0.25, 0.3) is 0 Å². The molecule has 4 atom stereocenters. The van der Waals surface area contributed by atoms with Crippen molar-refractivity contribution in [1.29, 1.82) is 0 Å². The average Bonchev–Trinajstić information content (AvgIpc) is 2.20. The summed E-state index contributed by atoms with van der Waals surface area (Å²) in [5, 5.41) is 3.77. The molecule has 0 spiro atoms. The van der Waals surface area contributed by atoms with Gasteiger partial charge in [0, 0.05) is 6.04 Å². The van der Waals surface area contributed by atoms with E-state index >= 15 is 0 Å². The molecule has 0 aromatic heterocycles. The van der Waals surface area contributed by atoms with Crippen molar-refractivity contribution in [2.24, 2.45) is 23.2 Å². The van der Waals surface area contributed by atoms with Crippen LogP contribution in [-0.4, -0.2) is 12.6 Å². The maximum atomic E-state index is 3.77. The summed E-state index contributed by atoms with van der Waals surface area (Å²) in [7, 11) is 0. The van der Waals surface area contributed by atoms with Gasteiger partial charge < -0.3 is 5.32 Å². The second kappa shape index (κ2) is 4.08. The maximum absolute atomic E-state index is 3.77. The SMILES string of the molecule is CCCCNC1CC2CC(C1C)C2(C)C. The third kappa shape index (κ3) is 1.84. The Labute approximate surface area is 95.0 Å². The van der Waals surface area contributed by atoms with Crippen LogP contribution >= 0.6 is 0 Å². The predicted octanol–water partition coefficient (Wildman–Crippen LogP) is 3.45. The molecular weight excluding hydrogens is 182 g/mol. The Bertz CT molecular complexity index is 221. The molecule has 0 saturated heterocycles. The van der Waals surface area contributed by atoms with Gasteiger partial charge in [-0.1, -0.05) is 34.1 Å². The largest absolute Gasteiger partial charge is 0.314 e. The number of nitrogens with one attached hydrogen (secondary N) is 1. The fourth-order valence-corrected chi connectivity index (χ4v) is 3.88. The van der Waals surface area contributed by atoms with Crippen LogP contribution in [-0.2, 0) is 0 Å². The summed E-state index contributed by atoms with van der Waals surface area (Å²) in [5.74, 6) is 2.87. The number of rotatable bonds is 4. The van der Waals surface area contributed by atoms with E-state index in [9.17, 15) is 0 Å². The molecule has 88 valence electrons. The van der Waals surface area contributed by atoms with Crippen molar-refractivity contribution in [1.82, 2.24) is 5.32 Å². The molecule has 3 aliphatic rings. The second-order valence-electron chi connectivity index (χ2n) is 6.37. The molecule has 3 fully saturated rings. The van der Waals surface area contributed by atoms with Gasteiger partial charge in [-0.2, -0.15) is 0 Å². The predicted molar refractivity (Wildman–Crippen MR) is 65.9 cm³/mol. The van der Waals surface area contributed by atoms with E-state index in [-0.39, 0.29) is 0 Å². The summed E-state index contributed by atoms with van der Waals surface area (Å²) in [6.07, 6.45) is 5.57. The van der Waals surface area contributed by atoms with Crippen LogP contribution in [0.1, 0.15) is 53.4 Å². The zero-order valence-corrected chi connectivity index (χ0v) is 10.8. The van der Waals surface area contributed by atoms with E-state index < -0.39 is 0 Å². The molecule has 2 bridgehead atoms. The molecule has 0 aromatic rings. The van der Waals surface area contributed by atoms with Crippen molar-refractivity contribution >= 4 is 0 Å². The van der Waals surface area contributed by atoms with Gasteiger partial charge >= 0.3 is 0 Å². The Morgan fingerprint density at radius 1 is 1.27 bits per heavy atom. The minimum atomic E-state index is 0.641. The summed E-state index contributed by atoms with van der Waals surface area (Å²) in [6.45, 7) is 10.9. The summed E-state index contributed by atoms with van der Waals surface area (Å²) in [4.78, 5) is 0. The highest BCUT2D eigenvalue weighted by molar-refractivity contribution is 5.06. The Kier molecular flexibility index (Phi) is 3.12. The Morgan fingerprint density at radius 2 is 2.00 bits per heavy atom. The van der Waals surface area contributed by atoms with Crippen molar-refractivity contribution in [3.63, 3.8) is 0 Å². The normalized spacial score (nSPS) is 42.4. The van der Waals surface area contributed by atoms with E-state index in [4.69, 9.17) is 0 Å². The third-order valence-corrected chi connectivity index (χ3v) is 5.29. The number of hydrogen-bond acceptors (Lipinski definition) is 1. The molecule has 3 aliphatic carbocycles. The van der Waals surface area contributed by atoms with E-state index in [1.54, 1.807) is 0 Å². The Hall–Kier alpha value is -0.0400. The van der Waals surface area contributed by atoms with Gasteiger partial charge in [-0.25, -0.2) is 0 Å². The minimum Gasteiger partial charge on any atom is -0.314 e. The molecule has 3 rings (SSSR count). The molecule has 4 unspecified atom stereocenters. The number of fused-ring (bicyclic) bond motifs is 2. The monoisotopic (exact) mass is 209 g/mol. The van der Waals surface area contributed by atoms with Crippen LogP contribution in [0.15, 0.2) is 0 Å². The first-order chi connectivity index (χ1) is 7.07. The van der Waals surface area contributed by atoms with Crippen LogP contribution in [0.3, 0.4) is 0 Å². The zero-order valence-electron chi connectivity index (χ0n) is 10.8. The van der Waals surface area contributed by atoms with Crippen molar-refractivity contribution in [3.05, 3.63) is 0 Å². The molecule has 1 N–H and O–H groups in total. The van der Waals surface area contributed by atoms with Crippen LogP contribution in [0.2, 0.25) is 0 Å². The van der Waals surface area contributed by atoms with Gasteiger partial charge in [-0.3, -0.25) is 0 Å². The van der Waals surface area contributed by atoms with Crippen LogP contribution in [0.5, 0.6) is 0 Å². The van der Waals surface area contributed by atoms with Crippen LogP contribution < -0.4 is 5.32 Å². The third-order valence-electron chi connectivity index (χ3n) is 5.29. The molecule has 15 heavy (non-hydrogen) atoms. The lowest BCUT2D eigenvalue weighted by atomic mass is 9.45. The molecule has 0 aromatic carbocycles. The standard InChI is InChI=1S/C14H27N/c1-5-6-7-15-13-9-11-8-12(10(13)2)14(11,3)4/h10-13,15H,5-9H2,1-4H3. The number of hydrogen-bond donors (Lipinski definition) is 1. The fraction of sp³-hybridized carbons (Fsp3) is 1.00. The van der Waals surface area contributed by atoms with Crippen molar-refractivity contribution in [2.45, 2.75) is 59.4 Å². The molecule has 0 radical (unpaired) electrons. The molecular formula is C14H27N. The highest BCUT2D eigenvalue weighted by Gasteiger charge is 2.55. The first-order valence-corrected chi connectivity index (χ1v) is 6.80. The lowest BCUT2D eigenvalue weighted by Gasteiger charge is -2.62. The first-order valence-electron chi connectivity index (χ1n) is 6.80. The fourth-order valence-electron chi connectivity index (χ4n) is 3.88. The minimum absolute atomic E-state index is 0.641. The van der Waals surface area contributed by atoms with Gasteiger partial charge in [-0.05, 0) is 49.0 Å². The molecule has 1 nitrogen and oxygen atoms in total. The lowest BCUT2D eigenvalue weighted by Crippen LogP contribution is -2.60. The van der Waals surface area contributed by atoms with E-state index in [1.165, 1.54) is 32.2 Å². The van der Waals surface area contributed by atoms with Crippen LogP contribution in [0, 0.1) is 23.2 Å². The summed E-state index contributed by atoms with van der Waals surface area (Å²) in [5.41, 5.74) is 0.641. The second-order valence-corrected chi connectivity index (χ2v) is 6.37. The van der Waals surface area contributed by atoms with Gasteiger partial charge in [0.05, 0.1) is 0 Å². The molecule has 1 heteroatoms. The van der Waals surface area contributed by atoms with Crippen LogP contribution in [0.4, 0.5) is 0 Å². The number of unbranched alkanes of at least 4 members (excludes halogenated alkanes) is 1. The van der Waals surface area contributed by atoms with Gasteiger partial charge in [0.1, 0.15) is 0 Å². The highest BCUT2D eigenvalue weighted by Crippen LogP contribution is 2.61. The Balaban J connectivity index is 1.85. The molecule has 3 saturated carbocycles. The van der Waals surface area contributed by atoms with Gasteiger partial charge in [0.25, 0.3) is 0 Å². The van der Waals surface area contributed by atoms with Crippen molar-refractivity contribution in [2.75, 3.05) is 6.54 Å². The van der Waals surface area contributed by atoms with E-state index in [0.29, 0.717) is 5.41 Å². The van der Waals surface area contributed by atoms with Gasteiger partial charge in [0.15, 0.2) is 0 Å². The average molecular weight is 209 g/mol. The smallest absolute Gasteiger partial charge is 0.00983 e. The van der Waals surface area contributed by atoms with Gasteiger partial charge in [0.2, 0.25) is 0 Å². The lowest BCUT2D eigenvalue weighted by molar-refractivity contribution is -0.114. The van der Waals surface area contributed by atoms with E-state index in [0.717, 1.165) is 23.8 Å². The van der Waals surface area contributed by atoms with Crippen molar-refractivity contribution < 1.29 is 0 Å². The topological polar surface area (TPSA) is 12.0 Å². The zero-order chi connectivity index (χ0) is 11.1. The molecule has 0 heterocycles. The summed E-state index contributed by atoms with van der Waals surface area (Å²) in [6, 6.07) is 0.813. The quantitative estimate of drug-likeness (QED) is 0.699. The van der Waals surface area contributed by atoms with E-state index in [2.05, 4.69) is 33.0 Å². The molecule has 0 aliphatic heterocycles.